The highest BCUT2D eigenvalue weighted by Crippen LogP contribution is 2.29. The minimum atomic E-state index is -0.473. The summed E-state index contributed by atoms with van der Waals surface area (Å²) in [7, 11) is 0. The third kappa shape index (κ3) is 4.27. The van der Waals surface area contributed by atoms with Gasteiger partial charge in [-0.2, -0.15) is 5.26 Å². The van der Waals surface area contributed by atoms with Crippen LogP contribution in [-0.2, 0) is 0 Å². The molecule has 0 radical (unpaired) electrons. The second-order valence-electron chi connectivity index (χ2n) is 6.47. The van der Waals surface area contributed by atoms with E-state index in [1.165, 1.54) is 6.20 Å². The lowest BCUT2D eigenvalue weighted by Gasteiger charge is -2.15. The van der Waals surface area contributed by atoms with Crippen LogP contribution in [0.4, 0.5) is 5.82 Å². The van der Waals surface area contributed by atoms with Crippen molar-refractivity contribution < 1.29 is 0 Å². The molecule has 0 aliphatic carbocycles. The summed E-state index contributed by atoms with van der Waals surface area (Å²) in [4.78, 5) is 20.8. The number of aromatic amines is 1. The molecule has 148 valence electrons. The number of imidazole rings is 1. The van der Waals surface area contributed by atoms with E-state index in [1.54, 1.807) is 30.7 Å². The molecule has 8 nitrogen and oxygen atoms in total. The standard InChI is InChI=1S/C21H17ClN8/c22-15-4-2-14(3-5-15)19-16(20-25-7-8-26-20)11-29-21(30-19)17(24)12-28-18-6-1-13(9-23)10-27-18/h1-8,10-11,17H,12,24H2,(H,25,26)(H,27,28). The van der Waals surface area contributed by atoms with E-state index < -0.39 is 6.04 Å². The monoisotopic (exact) mass is 416 g/mol. The molecule has 3 aromatic heterocycles. The normalized spacial score (nSPS) is 11.6. The van der Waals surface area contributed by atoms with E-state index in [0.29, 0.717) is 40.3 Å². The van der Waals surface area contributed by atoms with Crippen LogP contribution >= 0.6 is 11.6 Å². The van der Waals surface area contributed by atoms with Gasteiger partial charge in [0.15, 0.2) is 0 Å². The van der Waals surface area contributed by atoms with E-state index in [1.807, 2.05) is 30.3 Å². The minimum absolute atomic E-state index is 0.374. The predicted octanol–water partition coefficient (Wildman–Crippen LogP) is 3.57. The predicted molar refractivity (Wildman–Crippen MR) is 114 cm³/mol. The number of halogens is 1. The second kappa shape index (κ2) is 8.69. The van der Waals surface area contributed by atoms with Crippen LogP contribution in [0.15, 0.2) is 61.2 Å². The van der Waals surface area contributed by atoms with Gasteiger partial charge in [-0.1, -0.05) is 23.7 Å². The molecule has 1 unspecified atom stereocenters. The summed E-state index contributed by atoms with van der Waals surface area (Å²) >= 11 is 6.04. The maximum atomic E-state index is 8.86. The van der Waals surface area contributed by atoms with Crippen LogP contribution in [0.2, 0.25) is 5.02 Å². The van der Waals surface area contributed by atoms with Gasteiger partial charge in [-0.15, -0.1) is 0 Å². The summed E-state index contributed by atoms with van der Waals surface area (Å²) in [6, 6.07) is 12.4. The van der Waals surface area contributed by atoms with E-state index in [4.69, 9.17) is 27.6 Å². The van der Waals surface area contributed by atoms with Crippen LogP contribution in [0, 0.1) is 11.3 Å². The number of hydrogen-bond donors (Lipinski definition) is 3. The van der Waals surface area contributed by atoms with E-state index in [-0.39, 0.29) is 0 Å². The minimum Gasteiger partial charge on any atom is -0.368 e. The largest absolute Gasteiger partial charge is 0.368 e. The highest BCUT2D eigenvalue weighted by atomic mass is 35.5. The summed E-state index contributed by atoms with van der Waals surface area (Å²) in [5.41, 5.74) is 9.17. The van der Waals surface area contributed by atoms with Crippen molar-refractivity contribution >= 4 is 17.4 Å². The number of nitrogens with two attached hydrogens (primary N) is 1. The molecule has 0 aliphatic heterocycles. The van der Waals surface area contributed by atoms with Crippen LogP contribution in [-0.4, -0.2) is 31.5 Å². The van der Waals surface area contributed by atoms with Gasteiger partial charge in [-0.3, -0.25) is 0 Å². The Bertz CT molecular complexity index is 1170. The average molecular weight is 417 g/mol. The second-order valence-corrected chi connectivity index (χ2v) is 6.90. The Hall–Kier alpha value is -3.80. The van der Waals surface area contributed by atoms with Crippen LogP contribution in [0.1, 0.15) is 17.4 Å². The molecule has 0 saturated carbocycles. The van der Waals surface area contributed by atoms with E-state index in [9.17, 15) is 0 Å². The van der Waals surface area contributed by atoms with Crippen molar-refractivity contribution in [2.45, 2.75) is 6.04 Å². The van der Waals surface area contributed by atoms with Crippen molar-refractivity contribution in [3.63, 3.8) is 0 Å². The fraction of sp³-hybridized carbons (Fsp3) is 0.0952. The maximum absolute atomic E-state index is 8.86. The Morgan fingerprint density at radius 1 is 1.10 bits per heavy atom. The van der Waals surface area contributed by atoms with E-state index in [2.05, 4.69) is 25.3 Å². The van der Waals surface area contributed by atoms with Gasteiger partial charge in [0.25, 0.3) is 0 Å². The zero-order valence-electron chi connectivity index (χ0n) is 15.7. The average Bonchev–Trinajstić information content (AvgIpc) is 3.33. The number of pyridine rings is 1. The van der Waals surface area contributed by atoms with Crippen LogP contribution in [0.25, 0.3) is 22.6 Å². The topological polar surface area (TPSA) is 129 Å². The lowest BCUT2D eigenvalue weighted by atomic mass is 10.1. The highest BCUT2D eigenvalue weighted by Gasteiger charge is 2.17. The molecule has 3 heterocycles. The molecule has 0 aliphatic rings. The first-order chi connectivity index (χ1) is 14.6. The number of H-pyrrole nitrogens is 1. The first kappa shape index (κ1) is 19.5. The van der Waals surface area contributed by atoms with E-state index >= 15 is 0 Å². The number of aromatic nitrogens is 5. The van der Waals surface area contributed by atoms with Crippen molar-refractivity contribution in [1.29, 1.82) is 5.26 Å². The van der Waals surface area contributed by atoms with Crippen molar-refractivity contribution in [3.05, 3.63) is 77.6 Å². The molecule has 0 fully saturated rings. The number of nitrogens with zero attached hydrogens (tertiary/aromatic N) is 5. The maximum Gasteiger partial charge on any atom is 0.147 e. The number of rotatable bonds is 6. The van der Waals surface area contributed by atoms with Gasteiger partial charge in [-0.25, -0.2) is 19.9 Å². The first-order valence-corrected chi connectivity index (χ1v) is 9.50. The molecule has 0 spiro atoms. The molecule has 1 atom stereocenters. The Labute approximate surface area is 177 Å². The smallest absolute Gasteiger partial charge is 0.147 e. The SMILES string of the molecule is N#Cc1ccc(NCC(N)c2ncc(-c3ncc[nH]3)c(-c3ccc(Cl)cc3)n2)nc1. The number of anilines is 1. The lowest BCUT2D eigenvalue weighted by molar-refractivity contribution is 0.701. The van der Waals surface area contributed by atoms with Gasteiger partial charge in [-0.05, 0) is 24.3 Å². The highest BCUT2D eigenvalue weighted by molar-refractivity contribution is 6.30. The summed E-state index contributed by atoms with van der Waals surface area (Å²) in [6.07, 6.45) is 6.64. The molecule has 1 aromatic carbocycles. The quantitative estimate of drug-likeness (QED) is 0.438. The van der Waals surface area contributed by atoms with Crippen LogP contribution in [0.3, 0.4) is 0 Å². The molecule has 4 N–H and O–H groups in total. The molecule has 4 aromatic rings. The van der Waals surface area contributed by atoms with Gasteiger partial charge in [0.05, 0.1) is 22.9 Å². The fourth-order valence-electron chi connectivity index (χ4n) is 2.86. The molecular formula is C21H17ClN8. The number of benzene rings is 1. The van der Waals surface area contributed by atoms with Crippen molar-refractivity contribution in [2.24, 2.45) is 5.73 Å². The summed E-state index contributed by atoms with van der Waals surface area (Å²) in [6.45, 7) is 0.374. The van der Waals surface area contributed by atoms with Gasteiger partial charge >= 0.3 is 0 Å². The third-order valence-electron chi connectivity index (χ3n) is 4.41. The molecule has 30 heavy (non-hydrogen) atoms. The van der Waals surface area contributed by atoms with Gasteiger partial charge < -0.3 is 16.0 Å². The van der Waals surface area contributed by atoms with Crippen molar-refractivity contribution in [3.8, 4) is 28.7 Å². The van der Waals surface area contributed by atoms with Crippen molar-refractivity contribution in [1.82, 2.24) is 24.9 Å². The van der Waals surface area contributed by atoms with Gasteiger partial charge in [0.2, 0.25) is 0 Å². The van der Waals surface area contributed by atoms with Crippen molar-refractivity contribution in [2.75, 3.05) is 11.9 Å². The van der Waals surface area contributed by atoms with Crippen LogP contribution in [0.5, 0.6) is 0 Å². The molecule has 0 amide bonds. The number of hydrogen-bond acceptors (Lipinski definition) is 7. The first-order valence-electron chi connectivity index (χ1n) is 9.12. The Morgan fingerprint density at radius 3 is 2.60 bits per heavy atom. The summed E-state index contributed by atoms with van der Waals surface area (Å²) in [5, 5.41) is 12.6. The van der Waals surface area contributed by atoms with Crippen LogP contribution < -0.4 is 11.1 Å². The molecule has 0 saturated heterocycles. The zero-order chi connectivity index (χ0) is 20.9. The lowest BCUT2D eigenvalue weighted by Crippen LogP contribution is -2.23. The molecular weight excluding hydrogens is 400 g/mol. The number of nitriles is 1. The van der Waals surface area contributed by atoms with Gasteiger partial charge in [0, 0.05) is 41.9 Å². The van der Waals surface area contributed by atoms with E-state index in [0.717, 1.165) is 11.1 Å². The number of nitrogens with one attached hydrogen (secondary N) is 2. The molecule has 9 heteroatoms. The Balaban J connectivity index is 1.61. The molecule has 0 bridgehead atoms. The Kier molecular flexibility index (Phi) is 5.66. The summed E-state index contributed by atoms with van der Waals surface area (Å²) in [5.74, 6) is 1.77. The Morgan fingerprint density at radius 2 is 1.93 bits per heavy atom. The van der Waals surface area contributed by atoms with Gasteiger partial charge in [0.1, 0.15) is 23.5 Å². The zero-order valence-corrected chi connectivity index (χ0v) is 16.5. The summed E-state index contributed by atoms with van der Waals surface area (Å²) < 4.78 is 0. The third-order valence-corrected chi connectivity index (χ3v) is 4.66. The fourth-order valence-corrected chi connectivity index (χ4v) is 2.98. The molecule has 4 rings (SSSR count).